The van der Waals surface area contributed by atoms with Gasteiger partial charge in [-0.25, -0.2) is 4.79 Å². The number of carbonyl (C=O) groups excluding carboxylic acids is 2. The first-order valence-electron chi connectivity index (χ1n) is 11.8. The lowest BCUT2D eigenvalue weighted by molar-refractivity contribution is -0.121. The fraction of sp³-hybridized carbons (Fsp3) is 0.0645. The molecule has 0 aliphatic carbocycles. The lowest BCUT2D eigenvalue weighted by atomic mass is 9.97. The Labute approximate surface area is 214 Å². The predicted molar refractivity (Wildman–Crippen MR) is 145 cm³/mol. The van der Waals surface area contributed by atoms with E-state index in [9.17, 15) is 14.4 Å². The molecule has 0 bridgehead atoms. The van der Waals surface area contributed by atoms with Gasteiger partial charge in [0.25, 0.3) is 11.5 Å². The van der Waals surface area contributed by atoms with E-state index in [0.717, 1.165) is 5.56 Å². The summed E-state index contributed by atoms with van der Waals surface area (Å²) in [7, 11) is 1.54. The average Bonchev–Trinajstić information content (AvgIpc) is 2.95. The lowest BCUT2D eigenvalue weighted by Gasteiger charge is -2.23. The summed E-state index contributed by atoms with van der Waals surface area (Å²) in [6, 6.07) is 34.8. The molecule has 4 aromatic carbocycles. The van der Waals surface area contributed by atoms with Gasteiger partial charge in [0, 0.05) is 29.4 Å². The summed E-state index contributed by atoms with van der Waals surface area (Å²) in [5.41, 5.74) is 2.43. The normalized spacial score (nSPS) is 10.7. The summed E-state index contributed by atoms with van der Waals surface area (Å²) < 4.78 is 6.87. The Bertz CT molecular complexity index is 1590. The number of fused-ring (bicyclic) bond motifs is 1. The molecule has 6 nitrogen and oxygen atoms in total. The summed E-state index contributed by atoms with van der Waals surface area (Å²) in [6.45, 7) is -0.502. The first-order chi connectivity index (χ1) is 18.1. The first kappa shape index (κ1) is 23.8. The molecule has 0 fully saturated rings. The maximum Gasteiger partial charge on any atom is 0.356 e. The van der Waals surface area contributed by atoms with Crippen LogP contribution in [0.3, 0.4) is 0 Å². The van der Waals surface area contributed by atoms with Crippen molar-refractivity contribution in [2.24, 2.45) is 7.05 Å². The number of ether oxygens (including phenoxy) is 1. The van der Waals surface area contributed by atoms with Gasteiger partial charge < -0.3 is 9.30 Å². The number of amides is 1. The van der Waals surface area contributed by atoms with Crippen molar-refractivity contribution in [3.63, 3.8) is 0 Å². The minimum Gasteiger partial charge on any atom is -0.451 e. The molecule has 0 saturated heterocycles. The molecule has 1 amide bonds. The Morgan fingerprint density at radius 2 is 1.19 bits per heavy atom. The van der Waals surface area contributed by atoms with Crippen LogP contribution in [0.1, 0.15) is 10.5 Å². The Hall–Kier alpha value is -4.97. The summed E-state index contributed by atoms with van der Waals surface area (Å²) >= 11 is 0. The van der Waals surface area contributed by atoms with Crippen LogP contribution in [0.15, 0.2) is 120 Å². The van der Waals surface area contributed by atoms with Crippen molar-refractivity contribution in [3.8, 4) is 11.1 Å². The Kier molecular flexibility index (Phi) is 6.64. The molecule has 0 aliphatic rings. The fourth-order valence-electron chi connectivity index (χ4n) is 4.45. The number of esters is 1. The highest BCUT2D eigenvalue weighted by Crippen LogP contribution is 2.31. The number of para-hydroxylation sites is 2. The largest absolute Gasteiger partial charge is 0.451 e. The maximum atomic E-state index is 13.5. The molecule has 6 heteroatoms. The van der Waals surface area contributed by atoms with Crippen molar-refractivity contribution in [2.75, 3.05) is 11.5 Å². The zero-order valence-electron chi connectivity index (χ0n) is 20.2. The molecule has 0 N–H and O–H groups in total. The van der Waals surface area contributed by atoms with Gasteiger partial charge in [0.05, 0.1) is 0 Å². The second kappa shape index (κ2) is 10.3. The topological polar surface area (TPSA) is 68.6 Å². The molecule has 1 heterocycles. The van der Waals surface area contributed by atoms with Gasteiger partial charge in [-0.3, -0.25) is 14.5 Å². The number of benzene rings is 4. The molecule has 0 spiro atoms. The number of pyridine rings is 1. The van der Waals surface area contributed by atoms with Crippen LogP contribution in [0.4, 0.5) is 11.4 Å². The van der Waals surface area contributed by atoms with E-state index < -0.39 is 18.5 Å². The first-order valence-corrected chi connectivity index (χ1v) is 11.8. The van der Waals surface area contributed by atoms with Gasteiger partial charge in [-0.05, 0) is 41.3 Å². The SMILES string of the molecule is Cn1c(C(=O)OCC(=O)N(c2ccccc2)c2ccccc2)c(-c2ccccc2)c2ccccc2c1=O. The summed E-state index contributed by atoms with van der Waals surface area (Å²) in [5.74, 6) is -1.17. The van der Waals surface area contributed by atoms with E-state index in [1.54, 1.807) is 19.2 Å². The minimum atomic E-state index is -0.751. The van der Waals surface area contributed by atoms with Crippen LogP contribution in [0.5, 0.6) is 0 Å². The molecular formula is C31H24N2O4. The molecule has 0 saturated carbocycles. The van der Waals surface area contributed by atoms with Gasteiger partial charge in [0.2, 0.25) is 0 Å². The highest BCUT2D eigenvalue weighted by atomic mass is 16.5. The number of hydrogen-bond donors (Lipinski definition) is 0. The molecule has 0 unspecified atom stereocenters. The molecule has 0 aliphatic heterocycles. The third-order valence-corrected chi connectivity index (χ3v) is 6.16. The van der Waals surface area contributed by atoms with Crippen molar-refractivity contribution >= 4 is 34.0 Å². The van der Waals surface area contributed by atoms with Gasteiger partial charge in [0.1, 0.15) is 5.69 Å². The zero-order chi connectivity index (χ0) is 25.8. The third kappa shape index (κ3) is 4.65. The molecule has 5 aromatic rings. The standard InChI is InChI=1S/C31H24N2O4/c1-32-29(28(22-13-5-2-6-14-22)25-19-11-12-20-26(25)30(32)35)31(36)37-21-27(34)33(23-15-7-3-8-16-23)24-17-9-4-10-18-24/h2-20H,21H2,1H3. The zero-order valence-corrected chi connectivity index (χ0v) is 20.2. The molecule has 37 heavy (non-hydrogen) atoms. The van der Waals surface area contributed by atoms with E-state index in [-0.39, 0.29) is 11.3 Å². The quantitative estimate of drug-likeness (QED) is 0.287. The van der Waals surface area contributed by atoms with Crippen LogP contribution in [-0.4, -0.2) is 23.1 Å². The van der Waals surface area contributed by atoms with E-state index in [0.29, 0.717) is 27.7 Å². The van der Waals surface area contributed by atoms with Gasteiger partial charge in [-0.15, -0.1) is 0 Å². The van der Waals surface area contributed by atoms with Crippen molar-refractivity contribution in [1.82, 2.24) is 4.57 Å². The van der Waals surface area contributed by atoms with Gasteiger partial charge in [-0.2, -0.15) is 0 Å². The van der Waals surface area contributed by atoms with E-state index in [2.05, 4.69) is 0 Å². The predicted octanol–water partition coefficient (Wildman–Crippen LogP) is 5.73. The van der Waals surface area contributed by atoms with Crippen LogP contribution < -0.4 is 10.5 Å². The van der Waals surface area contributed by atoms with Crippen molar-refractivity contribution in [3.05, 3.63) is 131 Å². The second-order valence-corrected chi connectivity index (χ2v) is 8.48. The monoisotopic (exact) mass is 488 g/mol. The number of hydrogen-bond acceptors (Lipinski definition) is 4. The number of anilines is 2. The number of carbonyl (C=O) groups is 2. The second-order valence-electron chi connectivity index (χ2n) is 8.48. The smallest absolute Gasteiger partial charge is 0.356 e. The summed E-state index contributed by atoms with van der Waals surface area (Å²) in [6.07, 6.45) is 0. The van der Waals surface area contributed by atoms with Crippen LogP contribution >= 0.6 is 0 Å². The molecular weight excluding hydrogens is 464 g/mol. The maximum absolute atomic E-state index is 13.5. The van der Waals surface area contributed by atoms with Gasteiger partial charge >= 0.3 is 5.97 Å². The van der Waals surface area contributed by atoms with Gasteiger partial charge in [0.15, 0.2) is 6.61 Å². The lowest BCUT2D eigenvalue weighted by Crippen LogP contribution is -2.32. The summed E-state index contributed by atoms with van der Waals surface area (Å²) in [4.78, 5) is 41.5. The highest BCUT2D eigenvalue weighted by Gasteiger charge is 2.25. The molecule has 5 rings (SSSR count). The van der Waals surface area contributed by atoms with Crippen molar-refractivity contribution in [1.29, 1.82) is 0 Å². The van der Waals surface area contributed by atoms with E-state index in [4.69, 9.17) is 4.74 Å². The molecule has 0 radical (unpaired) electrons. The molecule has 182 valence electrons. The summed E-state index contributed by atoms with van der Waals surface area (Å²) in [5, 5.41) is 1.14. The van der Waals surface area contributed by atoms with E-state index in [1.165, 1.54) is 9.47 Å². The molecule has 0 atom stereocenters. The van der Waals surface area contributed by atoms with Crippen LogP contribution in [0, 0.1) is 0 Å². The van der Waals surface area contributed by atoms with E-state index in [1.807, 2.05) is 103 Å². The van der Waals surface area contributed by atoms with E-state index >= 15 is 0 Å². The van der Waals surface area contributed by atoms with Crippen molar-refractivity contribution < 1.29 is 14.3 Å². The number of aromatic nitrogens is 1. The average molecular weight is 489 g/mol. The van der Waals surface area contributed by atoms with Crippen LogP contribution in [0.25, 0.3) is 21.9 Å². The fourth-order valence-corrected chi connectivity index (χ4v) is 4.45. The Balaban J connectivity index is 1.52. The minimum absolute atomic E-state index is 0.0914. The molecule has 1 aromatic heterocycles. The number of rotatable bonds is 6. The number of nitrogens with zero attached hydrogens (tertiary/aromatic N) is 2. The highest BCUT2D eigenvalue weighted by molar-refractivity contribution is 6.08. The Morgan fingerprint density at radius 1 is 0.703 bits per heavy atom. The van der Waals surface area contributed by atoms with Gasteiger partial charge in [-0.1, -0.05) is 84.9 Å². The Morgan fingerprint density at radius 3 is 1.76 bits per heavy atom. The van der Waals surface area contributed by atoms with Crippen LogP contribution in [-0.2, 0) is 16.6 Å². The van der Waals surface area contributed by atoms with Crippen LogP contribution in [0.2, 0.25) is 0 Å². The van der Waals surface area contributed by atoms with Crippen molar-refractivity contribution in [2.45, 2.75) is 0 Å². The third-order valence-electron chi connectivity index (χ3n) is 6.16.